The van der Waals surface area contributed by atoms with Crippen LogP contribution in [-0.4, -0.2) is 31.7 Å². The highest BCUT2D eigenvalue weighted by atomic mass is 16.4. The first-order valence-electron chi connectivity index (χ1n) is 8.20. The second-order valence-corrected chi connectivity index (χ2v) is 6.52. The van der Waals surface area contributed by atoms with Crippen molar-refractivity contribution < 1.29 is 15.0 Å². The molecule has 2 atom stereocenters. The van der Waals surface area contributed by atoms with Crippen LogP contribution in [0.25, 0.3) is 5.65 Å². The lowest BCUT2D eigenvalue weighted by molar-refractivity contribution is 0.0696. The maximum Gasteiger partial charge on any atom is 0.337 e. The second kappa shape index (κ2) is 5.60. The molecule has 0 saturated carbocycles. The standard InChI is InChI=1S/C19H19N3O3/c1-10-11(2)22-9-13(19(24)25)7-15(18(22)20-10)21-17-14-6-4-3-5-12(14)8-16(17)23/h3-7,9,16-17,21,23H,8H2,1-2H3,(H,24,25)/t16-,17-/m1/s1. The number of hydrogen-bond donors (Lipinski definition) is 3. The van der Waals surface area contributed by atoms with Crippen molar-refractivity contribution >= 4 is 17.3 Å². The molecule has 0 bridgehead atoms. The van der Waals surface area contributed by atoms with E-state index in [1.165, 1.54) is 0 Å². The fraction of sp³-hybridized carbons (Fsp3) is 0.263. The van der Waals surface area contributed by atoms with Crippen LogP contribution in [-0.2, 0) is 6.42 Å². The van der Waals surface area contributed by atoms with E-state index in [4.69, 9.17) is 0 Å². The SMILES string of the molecule is Cc1nc2c(N[C@@H]3c4ccccc4C[C@H]3O)cc(C(=O)O)cn2c1C. The van der Waals surface area contributed by atoms with Crippen LogP contribution in [0.5, 0.6) is 0 Å². The summed E-state index contributed by atoms with van der Waals surface area (Å²) in [5.41, 5.74) is 5.33. The lowest BCUT2D eigenvalue weighted by Crippen LogP contribution is -2.21. The molecule has 0 amide bonds. The first-order valence-corrected chi connectivity index (χ1v) is 8.20. The number of aromatic nitrogens is 2. The van der Waals surface area contributed by atoms with E-state index in [1.54, 1.807) is 16.7 Å². The number of carboxylic acid groups (broad SMARTS) is 1. The third-order valence-corrected chi connectivity index (χ3v) is 4.96. The average Bonchev–Trinajstić information content (AvgIpc) is 3.05. The lowest BCUT2D eigenvalue weighted by Gasteiger charge is -2.20. The highest BCUT2D eigenvalue weighted by molar-refractivity contribution is 5.90. The minimum absolute atomic E-state index is 0.177. The number of aliphatic hydroxyl groups is 1. The van der Waals surface area contributed by atoms with Crippen LogP contribution in [0.15, 0.2) is 36.5 Å². The summed E-state index contributed by atoms with van der Waals surface area (Å²) in [5, 5.41) is 23.2. The summed E-state index contributed by atoms with van der Waals surface area (Å²) in [5.74, 6) is -0.997. The minimum Gasteiger partial charge on any atom is -0.478 e. The Labute approximate surface area is 144 Å². The van der Waals surface area contributed by atoms with Gasteiger partial charge in [0.15, 0.2) is 5.65 Å². The largest absolute Gasteiger partial charge is 0.478 e. The molecule has 0 unspecified atom stereocenters. The number of carbonyl (C=O) groups is 1. The van der Waals surface area contributed by atoms with Gasteiger partial charge < -0.3 is 19.9 Å². The summed E-state index contributed by atoms with van der Waals surface area (Å²) in [6.45, 7) is 3.80. The van der Waals surface area contributed by atoms with Gasteiger partial charge in [0.25, 0.3) is 0 Å². The number of anilines is 1. The van der Waals surface area contributed by atoms with Crippen molar-refractivity contribution in [3.63, 3.8) is 0 Å². The number of imidazole rings is 1. The van der Waals surface area contributed by atoms with Crippen molar-refractivity contribution in [3.8, 4) is 0 Å². The Morgan fingerprint density at radius 1 is 1.32 bits per heavy atom. The van der Waals surface area contributed by atoms with Crippen molar-refractivity contribution in [2.75, 3.05) is 5.32 Å². The molecule has 0 spiro atoms. The number of benzene rings is 1. The first kappa shape index (κ1) is 15.7. The topological polar surface area (TPSA) is 86.9 Å². The van der Waals surface area contributed by atoms with Crippen LogP contribution in [0.1, 0.15) is 38.9 Å². The van der Waals surface area contributed by atoms with E-state index in [1.807, 2.05) is 38.1 Å². The van der Waals surface area contributed by atoms with Gasteiger partial charge in [0.1, 0.15) is 0 Å². The highest BCUT2D eigenvalue weighted by Crippen LogP contribution is 2.35. The summed E-state index contributed by atoms with van der Waals surface area (Å²) in [6, 6.07) is 9.19. The van der Waals surface area contributed by atoms with Gasteiger partial charge in [-0.1, -0.05) is 24.3 Å². The Kier molecular flexibility index (Phi) is 3.51. The van der Waals surface area contributed by atoms with Gasteiger partial charge in [-0.25, -0.2) is 9.78 Å². The third kappa shape index (κ3) is 2.46. The van der Waals surface area contributed by atoms with E-state index in [2.05, 4.69) is 10.3 Å². The van der Waals surface area contributed by atoms with E-state index < -0.39 is 12.1 Å². The number of nitrogens with zero attached hydrogens (tertiary/aromatic N) is 2. The Bertz CT molecular complexity index is 993. The van der Waals surface area contributed by atoms with E-state index in [0.717, 1.165) is 22.5 Å². The number of hydrogen-bond acceptors (Lipinski definition) is 4. The molecular weight excluding hydrogens is 318 g/mol. The molecule has 2 aromatic heterocycles. The molecule has 1 aliphatic rings. The molecule has 3 N–H and O–H groups in total. The van der Waals surface area contributed by atoms with Gasteiger partial charge in [-0.3, -0.25) is 0 Å². The van der Waals surface area contributed by atoms with Gasteiger partial charge in [0, 0.05) is 18.3 Å². The van der Waals surface area contributed by atoms with Gasteiger partial charge in [0.2, 0.25) is 0 Å². The van der Waals surface area contributed by atoms with Gasteiger partial charge in [-0.15, -0.1) is 0 Å². The van der Waals surface area contributed by atoms with Gasteiger partial charge >= 0.3 is 5.97 Å². The van der Waals surface area contributed by atoms with E-state index in [0.29, 0.717) is 17.8 Å². The number of aryl methyl sites for hydroxylation is 2. The predicted octanol–water partition coefficient (Wildman–Crippen LogP) is 2.72. The Balaban J connectivity index is 1.84. The minimum atomic E-state index is -0.997. The first-order chi connectivity index (χ1) is 12.0. The molecule has 2 heterocycles. The van der Waals surface area contributed by atoms with Crippen molar-refractivity contribution in [3.05, 3.63) is 64.6 Å². The Morgan fingerprint density at radius 2 is 2.08 bits per heavy atom. The number of fused-ring (bicyclic) bond motifs is 2. The van der Waals surface area contributed by atoms with Crippen molar-refractivity contribution in [2.24, 2.45) is 0 Å². The lowest BCUT2D eigenvalue weighted by atomic mass is 10.1. The molecule has 1 aromatic carbocycles. The number of aliphatic hydroxyl groups excluding tert-OH is 1. The molecule has 6 nitrogen and oxygen atoms in total. The molecule has 128 valence electrons. The van der Waals surface area contributed by atoms with Crippen LogP contribution < -0.4 is 5.32 Å². The monoisotopic (exact) mass is 337 g/mol. The number of rotatable bonds is 3. The zero-order chi connectivity index (χ0) is 17.7. The van der Waals surface area contributed by atoms with Crippen LogP contribution in [0.2, 0.25) is 0 Å². The molecule has 1 aliphatic carbocycles. The highest BCUT2D eigenvalue weighted by Gasteiger charge is 2.31. The molecule has 6 heteroatoms. The fourth-order valence-corrected chi connectivity index (χ4v) is 3.51. The Hall–Kier alpha value is -2.86. The predicted molar refractivity (Wildman–Crippen MR) is 94.1 cm³/mol. The fourth-order valence-electron chi connectivity index (χ4n) is 3.51. The molecular formula is C19H19N3O3. The van der Waals surface area contributed by atoms with Crippen LogP contribution in [0.3, 0.4) is 0 Å². The van der Waals surface area contributed by atoms with E-state index in [-0.39, 0.29) is 11.6 Å². The third-order valence-electron chi connectivity index (χ3n) is 4.96. The molecule has 25 heavy (non-hydrogen) atoms. The summed E-state index contributed by atoms with van der Waals surface area (Å²) in [4.78, 5) is 16.1. The van der Waals surface area contributed by atoms with Crippen molar-refractivity contribution in [2.45, 2.75) is 32.4 Å². The van der Waals surface area contributed by atoms with Crippen LogP contribution in [0, 0.1) is 13.8 Å². The molecule has 0 radical (unpaired) electrons. The number of carboxylic acids is 1. The molecule has 3 aromatic rings. The van der Waals surface area contributed by atoms with Crippen molar-refractivity contribution in [1.29, 1.82) is 0 Å². The summed E-state index contributed by atoms with van der Waals surface area (Å²) >= 11 is 0. The maximum atomic E-state index is 11.5. The average molecular weight is 337 g/mol. The van der Waals surface area contributed by atoms with Crippen LogP contribution in [0.4, 0.5) is 5.69 Å². The number of pyridine rings is 1. The Morgan fingerprint density at radius 3 is 2.84 bits per heavy atom. The molecule has 4 rings (SSSR count). The second-order valence-electron chi connectivity index (χ2n) is 6.52. The van der Waals surface area contributed by atoms with Gasteiger partial charge in [-0.05, 0) is 31.0 Å². The van der Waals surface area contributed by atoms with Crippen LogP contribution >= 0.6 is 0 Å². The maximum absolute atomic E-state index is 11.5. The number of aromatic carboxylic acids is 1. The summed E-state index contributed by atoms with van der Waals surface area (Å²) < 4.78 is 1.79. The van der Waals surface area contributed by atoms with Gasteiger partial charge in [0.05, 0.1) is 29.1 Å². The summed E-state index contributed by atoms with van der Waals surface area (Å²) in [7, 11) is 0. The van der Waals surface area contributed by atoms with Gasteiger partial charge in [-0.2, -0.15) is 0 Å². The zero-order valence-electron chi connectivity index (χ0n) is 14.0. The summed E-state index contributed by atoms with van der Waals surface area (Å²) in [6.07, 6.45) is 1.59. The number of nitrogens with one attached hydrogen (secondary N) is 1. The quantitative estimate of drug-likeness (QED) is 0.684. The molecule has 0 saturated heterocycles. The zero-order valence-corrected chi connectivity index (χ0v) is 14.0. The molecule has 0 fully saturated rings. The normalized spacial score (nSPS) is 19.2. The molecule has 0 aliphatic heterocycles. The van der Waals surface area contributed by atoms with Crippen molar-refractivity contribution in [1.82, 2.24) is 9.38 Å². The van der Waals surface area contributed by atoms with E-state index in [9.17, 15) is 15.0 Å². The smallest absolute Gasteiger partial charge is 0.337 e. The van der Waals surface area contributed by atoms with E-state index >= 15 is 0 Å².